The van der Waals surface area contributed by atoms with E-state index in [1.165, 1.54) is 6.08 Å². The van der Waals surface area contributed by atoms with Gasteiger partial charge in [0.1, 0.15) is 18.2 Å². The number of halogens is 1. The lowest BCUT2D eigenvalue weighted by atomic mass is 10.1. The number of hydrogen-bond donors (Lipinski definition) is 1. The van der Waals surface area contributed by atoms with Crippen molar-refractivity contribution in [3.63, 3.8) is 0 Å². The Kier molecular flexibility index (Phi) is 8.57. The number of nitriles is 1. The van der Waals surface area contributed by atoms with Gasteiger partial charge in [-0.3, -0.25) is 4.79 Å². The SMILES string of the molecule is CCOc1cc(/C=C(\C#N)C(=O)N[C@H](C)CC)ccc1OCc1ccccc1Cl. The maximum atomic E-state index is 12.2. The number of carbonyl (C=O) groups is 1. The first kappa shape index (κ1) is 22.3. The van der Waals surface area contributed by atoms with Crippen LogP contribution in [0.3, 0.4) is 0 Å². The third-order valence-corrected chi connectivity index (χ3v) is 4.64. The molecule has 0 saturated carbocycles. The van der Waals surface area contributed by atoms with Crippen LogP contribution >= 0.6 is 11.6 Å². The number of benzene rings is 2. The Morgan fingerprint density at radius 3 is 2.62 bits per heavy atom. The van der Waals surface area contributed by atoms with Crippen LogP contribution in [0.15, 0.2) is 48.0 Å². The summed E-state index contributed by atoms with van der Waals surface area (Å²) < 4.78 is 11.6. The molecule has 2 aromatic carbocycles. The van der Waals surface area contributed by atoms with Gasteiger partial charge in [0, 0.05) is 16.6 Å². The standard InChI is InChI=1S/C23H25ClN2O3/c1-4-16(3)26-23(27)19(14-25)12-17-10-11-21(22(13-17)28-5-2)29-15-18-8-6-7-9-20(18)24/h6-13,16H,4-5,15H2,1-3H3,(H,26,27)/b19-12+/t16-/m1/s1. The molecule has 0 aliphatic carbocycles. The number of amides is 1. The lowest BCUT2D eigenvalue weighted by Gasteiger charge is -2.14. The minimum absolute atomic E-state index is 0.00109. The van der Waals surface area contributed by atoms with Crippen LogP contribution in [0.2, 0.25) is 5.02 Å². The van der Waals surface area contributed by atoms with E-state index in [0.717, 1.165) is 12.0 Å². The number of ether oxygens (including phenoxy) is 2. The van der Waals surface area contributed by atoms with E-state index in [2.05, 4.69) is 5.32 Å². The fraction of sp³-hybridized carbons (Fsp3) is 0.304. The topological polar surface area (TPSA) is 71.3 Å². The van der Waals surface area contributed by atoms with Crippen molar-refractivity contribution in [2.24, 2.45) is 0 Å². The van der Waals surface area contributed by atoms with E-state index in [9.17, 15) is 10.1 Å². The van der Waals surface area contributed by atoms with Crippen LogP contribution in [0.4, 0.5) is 0 Å². The molecule has 0 aliphatic heterocycles. The number of nitrogens with one attached hydrogen (secondary N) is 1. The molecule has 0 saturated heterocycles. The lowest BCUT2D eigenvalue weighted by Crippen LogP contribution is -2.32. The fourth-order valence-corrected chi connectivity index (χ4v) is 2.68. The molecule has 1 amide bonds. The molecule has 0 spiro atoms. The first-order valence-corrected chi connectivity index (χ1v) is 9.92. The van der Waals surface area contributed by atoms with Crippen molar-refractivity contribution in [1.82, 2.24) is 5.32 Å². The van der Waals surface area contributed by atoms with Gasteiger partial charge < -0.3 is 14.8 Å². The number of hydrogen-bond acceptors (Lipinski definition) is 4. The summed E-state index contributed by atoms with van der Waals surface area (Å²) in [7, 11) is 0. The summed E-state index contributed by atoms with van der Waals surface area (Å²) in [6, 6.07) is 14.7. The molecule has 2 rings (SSSR count). The van der Waals surface area contributed by atoms with Gasteiger partial charge in [-0.05, 0) is 50.1 Å². The van der Waals surface area contributed by atoms with Gasteiger partial charge in [0.15, 0.2) is 11.5 Å². The molecule has 1 N–H and O–H groups in total. The van der Waals surface area contributed by atoms with Crippen molar-refractivity contribution in [3.05, 3.63) is 64.2 Å². The maximum Gasteiger partial charge on any atom is 0.262 e. The second kappa shape index (κ2) is 11.1. The molecule has 6 heteroatoms. The fourth-order valence-electron chi connectivity index (χ4n) is 2.49. The molecule has 0 heterocycles. The van der Waals surface area contributed by atoms with Gasteiger partial charge in [0.25, 0.3) is 5.91 Å². The monoisotopic (exact) mass is 412 g/mol. The van der Waals surface area contributed by atoms with Crippen LogP contribution in [-0.4, -0.2) is 18.6 Å². The average molecular weight is 413 g/mol. The second-order valence-electron chi connectivity index (χ2n) is 6.47. The Morgan fingerprint density at radius 2 is 1.97 bits per heavy atom. The number of nitrogens with zero attached hydrogens (tertiary/aromatic N) is 1. The van der Waals surface area contributed by atoms with Gasteiger partial charge in [0.05, 0.1) is 6.61 Å². The highest BCUT2D eigenvalue weighted by molar-refractivity contribution is 6.31. The molecule has 0 bridgehead atoms. The second-order valence-corrected chi connectivity index (χ2v) is 6.88. The van der Waals surface area contributed by atoms with Crippen molar-refractivity contribution >= 4 is 23.6 Å². The highest BCUT2D eigenvalue weighted by Gasteiger charge is 2.13. The van der Waals surface area contributed by atoms with Gasteiger partial charge in [-0.25, -0.2) is 0 Å². The zero-order valence-corrected chi connectivity index (χ0v) is 17.6. The first-order valence-electron chi connectivity index (χ1n) is 9.54. The molecule has 0 fully saturated rings. The molecule has 1 atom stereocenters. The van der Waals surface area contributed by atoms with Crippen molar-refractivity contribution < 1.29 is 14.3 Å². The van der Waals surface area contributed by atoms with E-state index in [1.54, 1.807) is 18.2 Å². The Balaban J connectivity index is 2.22. The van der Waals surface area contributed by atoms with E-state index >= 15 is 0 Å². The Hall–Kier alpha value is -2.97. The molecule has 5 nitrogen and oxygen atoms in total. The molecule has 152 valence electrons. The summed E-state index contributed by atoms with van der Waals surface area (Å²) in [5.74, 6) is 0.707. The Bertz CT molecular complexity index is 919. The summed E-state index contributed by atoms with van der Waals surface area (Å²) >= 11 is 6.18. The van der Waals surface area contributed by atoms with Crippen LogP contribution in [0, 0.1) is 11.3 Å². The number of rotatable bonds is 9. The summed E-state index contributed by atoms with van der Waals surface area (Å²) in [6.07, 6.45) is 2.33. The first-order chi connectivity index (χ1) is 14.0. The largest absolute Gasteiger partial charge is 0.490 e. The van der Waals surface area contributed by atoms with Gasteiger partial charge in [0.2, 0.25) is 0 Å². The third kappa shape index (κ3) is 6.55. The minimum Gasteiger partial charge on any atom is -0.490 e. The van der Waals surface area contributed by atoms with Crippen molar-refractivity contribution in [2.75, 3.05) is 6.61 Å². The molecular weight excluding hydrogens is 388 g/mol. The number of carbonyl (C=O) groups excluding carboxylic acids is 1. The molecule has 0 aliphatic rings. The molecule has 0 unspecified atom stereocenters. The van der Waals surface area contributed by atoms with Crippen LogP contribution in [0.25, 0.3) is 6.08 Å². The van der Waals surface area contributed by atoms with E-state index < -0.39 is 0 Å². The van der Waals surface area contributed by atoms with E-state index in [1.807, 2.05) is 51.1 Å². The maximum absolute atomic E-state index is 12.2. The summed E-state index contributed by atoms with van der Waals surface area (Å²) in [4.78, 5) is 12.2. The highest BCUT2D eigenvalue weighted by Crippen LogP contribution is 2.30. The van der Waals surface area contributed by atoms with Gasteiger partial charge in [-0.15, -0.1) is 0 Å². The molecule has 0 aromatic heterocycles. The van der Waals surface area contributed by atoms with Crippen molar-refractivity contribution in [2.45, 2.75) is 39.8 Å². The van der Waals surface area contributed by atoms with E-state index in [0.29, 0.717) is 35.3 Å². The van der Waals surface area contributed by atoms with E-state index in [-0.39, 0.29) is 17.5 Å². The summed E-state index contributed by atoms with van der Waals surface area (Å²) in [5, 5.41) is 12.8. The van der Waals surface area contributed by atoms with Crippen LogP contribution < -0.4 is 14.8 Å². The van der Waals surface area contributed by atoms with Crippen molar-refractivity contribution in [3.8, 4) is 17.6 Å². The third-order valence-electron chi connectivity index (χ3n) is 4.27. The Labute approximate surface area is 176 Å². The van der Waals surface area contributed by atoms with Crippen molar-refractivity contribution in [1.29, 1.82) is 5.26 Å². The molecule has 29 heavy (non-hydrogen) atoms. The minimum atomic E-state index is -0.390. The van der Waals surface area contributed by atoms with Gasteiger partial charge >= 0.3 is 0 Å². The van der Waals surface area contributed by atoms with Crippen LogP contribution in [0.5, 0.6) is 11.5 Å². The van der Waals surface area contributed by atoms with Crippen LogP contribution in [0.1, 0.15) is 38.3 Å². The molecule has 2 aromatic rings. The summed E-state index contributed by atoms with van der Waals surface area (Å²) in [6.45, 7) is 6.49. The predicted molar refractivity (Wildman–Crippen MR) is 115 cm³/mol. The smallest absolute Gasteiger partial charge is 0.262 e. The van der Waals surface area contributed by atoms with Gasteiger partial charge in [-0.2, -0.15) is 5.26 Å². The zero-order chi connectivity index (χ0) is 21.2. The average Bonchev–Trinajstić information content (AvgIpc) is 2.72. The zero-order valence-electron chi connectivity index (χ0n) is 16.9. The lowest BCUT2D eigenvalue weighted by molar-refractivity contribution is -0.117. The summed E-state index contributed by atoms with van der Waals surface area (Å²) in [5.41, 5.74) is 1.58. The predicted octanol–water partition coefficient (Wildman–Crippen LogP) is 5.14. The van der Waals surface area contributed by atoms with Crippen LogP contribution in [-0.2, 0) is 11.4 Å². The molecular formula is C23H25ClN2O3. The Morgan fingerprint density at radius 1 is 1.21 bits per heavy atom. The van der Waals surface area contributed by atoms with Gasteiger partial charge in [-0.1, -0.05) is 42.8 Å². The normalized spacial score (nSPS) is 12.0. The quantitative estimate of drug-likeness (QED) is 0.457. The highest BCUT2D eigenvalue weighted by atomic mass is 35.5. The molecule has 0 radical (unpaired) electrons. The van der Waals surface area contributed by atoms with E-state index in [4.69, 9.17) is 21.1 Å².